The molecule has 28 heavy (non-hydrogen) atoms. The second kappa shape index (κ2) is 8.13. The van der Waals surface area contributed by atoms with Gasteiger partial charge in [0.1, 0.15) is 16.9 Å². The van der Waals surface area contributed by atoms with Gasteiger partial charge in [0.05, 0.1) is 5.92 Å². The molecule has 5 heteroatoms. The van der Waals surface area contributed by atoms with Gasteiger partial charge in [-0.3, -0.25) is 9.59 Å². The summed E-state index contributed by atoms with van der Waals surface area (Å²) in [6, 6.07) is 14.4. The Morgan fingerprint density at radius 1 is 0.964 bits per heavy atom. The van der Waals surface area contributed by atoms with Crippen LogP contribution in [0.25, 0.3) is 0 Å². The van der Waals surface area contributed by atoms with Gasteiger partial charge in [0.2, 0.25) is 0 Å². The van der Waals surface area contributed by atoms with Crippen molar-refractivity contribution in [1.29, 1.82) is 0 Å². The lowest BCUT2D eigenvalue weighted by atomic mass is 9.68. The van der Waals surface area contributed by atoms with Gasteiger partial charge in [-0.15, -0.1) is 0 Å². The number of allylic oxidation sites excluding steroid dienone is 2. The topological polar surface area (TPSA) is 83.8 Å². The molecular weight excluding hydrogens is 356 g/mol. The van der Waals surface area contributed by atoms with Crippen molar-refractivity contribution >= 4 is 11.9 Å². The van der Waals surface area contributed by atoms with Crippen molar-refractivity contribution in [2.45, 2.75) is 25.2 Å². The van der Waals surface area contributed by atoms with E-state index in [9.17, 15) is 19.8 Å². The molecule has 2 N–H and O–H groups in total. The van der Waals surface area contributed by atoms with Gasteiger partial charge in [-0.05, 0) is 41.8 Å². The molecule has 0 radical (unpaired) electrons. The highest BCUT2D eigenvalue weighted by Gasteiger charge is 2.49. The fourth-order valence-electron chi connectivity index (χ4n) is 3.47. The van der Waals surface area contributed by atoms with Crippen molar-refractivity contribution in [2.24, 2.45) is 5.92 Å². The summed E-state index contributed by atoms with van der Waals surface area (Å²) in [4.78, 5) is 23.7. The molecule has 0 heterocycles. The first-order chi connectivity index (χ1) is 13.5. The number of hydrogen-bond acceptors (Lipinski definition) is 3. The fraction of sp³-hybridized carbons (Fsp3) is 0.217. The monoisotopic (exact) mass is 378 g/mol. The fourth-order valence-corrected chi connectivity index (χ4v) is 3.47. The van der Waals surface area contributed by atoms with E-state index in [0.29, 0.717) is 17.1 Å². The number of aryl methyl sites for hydroxylation is 1. The molecule has 144 valence electrons. The second-order valence-electron chi connectivity index (χ2n) is 6.75. The maximum absolute atomic E-state index is 12.1. The zero-order chi connectivity index (χ0) is 20.1. The predicted octanol–water partition coefficient (Wildman–Crippen LogP) is 4.58. The van der Waals surface area contributed by atoms with Gasteiger partial charge >= 0.3 is 11.9 Å². The first-order valence-electron chi connectivity index (χ1n) is 9.17. The summed E-state index contributed by atoms with van der Waals surface area (Å²) in [5, 5.41) is 19.4. The van der Waals surface area contributed by atoms with Crippen LogP contribution in [0.3, 0.4) is 0 Å². The highest BCUT2D eigenvalue weighted by Crippen LogP contribution is 2.39. The third-order valence-corrected chi connectivity index (χ3v) is 4.91. The molecule has 0 saturated heterocycles. The normalized spacial score (nSPS) is 20.7. The van der Waals surface area contributed by atoms with Gasteiger partial charge in [0.15, 0.2) is 0 Å². The number of carbonyl (C=O) groups is 2. The number of rotatable bonds is 7. The lowest BCUT2D eigenvalue weighted by Crippen LogP contribution is -2.45. The molecule has 3 rings (SSSR count). The number of aliphatic carboxylic acids is 2. The maximum atomic E-state index is 12.1. The molecule has 1 aliphatic carbocycles. The Balaban J connectivity index is 1.86. The van der Waals surface area contributed by atoms with Gasteiger partial charge < -0.3 is 14.9 Å². The summed E-state index contributed by atoms with van der Waals surface area (Å²) in [6.07, 6.45) is 8.04. The summed E-state index contributed by atoms with van der Waals surface area (Å²) in [6.45, 7) is 2.13. The minimum absolute atomic E-state index is 0.388. The highest BCUT2D eigenvalue weighted by molar-refractivity contribution is 5.92. The third kappa shape index (κ3) is 3.69. The van der Waals surface area contributed by atoms with Crippen LogP contribution >= 0.6 is 0 Å². The molecule has 2 unspecified atom stereocenters. The van der Waals surface area contributed by atoms with E-state index in [2.05, 4.69) is 6.92 Å². The SMILES string of the molecule is CCCc1ccc(Oc2ccc(C3(C(=O)O)C=CC=CC3C(=O)O)cc2)cc1. The van der Waals surface area contributed by atoms with Crippen LogP contribution in [0, 0.1) is 5.92 Å². The van der Waals surface area contributed by atoms with E-state index >= 15 is 0 Å². The predicted molar refractivity (Wildman–Crippen MR) is 106 cm³/mol. The van der Waals surface area contributed by atoms with E-state index in [0.717, 1.165) is 12.8 Å². The molecule has 0 aliphatic heterocycles. The molecule has 0 saturated carbocycles. The Hall–Kier alpha value is -3.34. The average Bonchev–Trinajstić information content (AvgIpc) is 2.70. The molecule has 1 aliphatic rings. The first-order valence-corrected chi connectivity index (χ1v) is 9.17. The summed E-state index contributed by atoms with van der Waals surface area (Å²) >= 11 is 0. The number of carboxylic acids is 2. The Morgan fingerprint density at radius 3 is 2.11 bits per heavy atom. The molecule has 0 aromatic heterocycles. The standard InChI is InChI=1S/C23H22O5/c1-2-5-16-7-11-18(12-8-16)28-19-13-9-17(10-14-19)23(22(26)27)15-4-3-6-20(23)21(24)25/h3-4,6-15,20H,2,5H2,1H3,(H,24,25)(H,26,27). The zero-order valence-corrected chi connectivity index (χ0v) is 15.5. The number of hydrogen-bond donors (Lipinski definition) is 2. The molecule has 0 amide bonds. The summed E-state index contributed by atoms with van der Waals surface area (Å²) < 4.78 is 5.83. The Bertz CT molecular complexity index is 909. The van der Waals surface area contributed by atoms with Crippen LogP contribution in [-0.2, 0) is 21.4 Å². The molecule has 0 bridgehead atoms. The average molecular weight is 378 g/mol. The molecule has 0 fully saturated rings. The third-order valence-electron chi connectivity index (χ3n) is 4.91. The minimum Gasteiger partial charge on any atom is -0.481 e. The van der Waals surface area contributed by atoms with Crippen molar-refractivity contribution < 1.29 is 24.5 Å². The van der Waals surface area contributed by atoms with Crippen LogP contribution in [0.4, 0.5) is 0 Å². The number of carboxylic acid groups (broad SMARTS) is 2. The van der Waals surface area contributed by atoms with Crippen LogP contribution in [-0.4, -0.2) is 22.2 Å². The largest absolute Gasteiger partial charge is 0.481 e. The molecule has 2 aromatic rings. The van der Waals surface area contributed by atoms with Crippen molar-refractivity contribution in [1.82, 2.24) is 0 Å². The quantitative estimate of drug-likeness (QED) is 0.737. The second-order valence-corrected chi connectivity index (χ2v) is 6.75. The summed E-state index contributed by atoms with van der Waals surface area (Å²) in [5.74, 6) is -2.34. The van der Waals surface area contributed by atoms with Gasteiger partial charge in [-0.1, -0.05) is 61.9 Å². The van der Waals surface area contributed by atoms with E-state index in [1.165, 1.54) is 17.7 Å². The molecule has 5 nitrogen and oxygen atoms in total. The minimum atomic E-state index is -1.65. The smallest absolute Gasteiger partial charge is 0.319 e. The van der Waals surface area contributed by atoms with E-state index in [1.807, 2.05) is 24.3 Å². The number of benzene rings is 2. The molecule has 0 spiro atoms. The summed E-state index contributed by atoms with van der Waals surface area (Å²) in [5.41, 5.74) is -0.0231. The van der Waals surface area contributed by atoms with Crippen LogP contribution in [0.1, 0.15) is 24.5 Å². The lowest BCUT2D eigenvalue weighted by Gasteiger charge is -2.32. The van der Waals surface area contributed by atoms with Crippen LogP contribution < -0.4 is 4.74 Å². The molecule has 2 aromatic carbocycles. The van der Waals surface area contributed by atoms with Gasteiger partial charge in [0.25, 0.3) is 0 Å². The Labute approximate surface area is 163 Å². The molecule has 2 atom stereocenters. The van der Waals surface area contributed by atoms with Crippen molar-refractivity contribution in [3.63, 3.8) is 0 Å². The van der Waals surface area contributed by atoms with E-state index in [-0.39, 0.29) is 0 Å². The Morgan fingerprint density at radius 2 is 1.57 bits per heavy atom. The maximum Gasteiger partial charge on any atom is 0.319 e. The van der Waals surface area contributed by atoms with Crippen LogP contribution in [0.5, 0.6) is 11.5 Å². The van der Waals surface area contributed by atoms with E-state index in [4.69, 9.17) is 4.74 Å². The van der Waals surface area contributed by atoms with E-state index < -0.39 is 23.3 Å². The van der Waals surface area contributed by atoms with Crippen LogP contribution in [0.2, 0.25) is 0 Å². The van der Waals surface area contributed by atoms with E-state index in [1.54, 1.807) is 36.4 Å². The number of ether oxygens (including phenoxy) is 1. The Kier molecular flexibility index (Phi) is 5.64. The van der Waals surface area contributed by atoms with Crippen molar-refractivity contribution in [3.8, 4) is 11.5 Å². The summed E-state index contributed by atoms with van der Waals surface area (Å²) in [7, 11) is 0. The lowest BCUT2D eigenvalue weighted by molar-refractivity contribution is -0.152. The van der Waals surface area contributed by atoms with Gasteiger partial charge in [-0.25, -0.2) is 0 Å². The molecular formula is C23H22O5. The van der Waals surface area contributed by atoms with Crippen LogP contribution in [0.15, 0.2) is 72.8 Å². The van der Waals surface area contributed by atoms with Gasteiger partial charge in [-0.2, -0.15) is 0 Å². The zero-order valence-electron chi connectivity index (χ0n) is 15.5. The van der Waals surface area contributed by atoms with Crippen molar-refractivity contribution in [2.75, 3.05) is 0 Å². The van der Waals surface area contributed by atoms with Crippen molar-refractivity contribution in [3.05, 3.63) is 84.0 Å². The first kappa shape index (κ1) is 19.4. The van der Waals surface area contributed by atoms with Gasteiger partial charge in [0, 0.05) is 0 Å². The highest BCUT2D eigenvalue weighted by atomic mass is 16.5.